The van der Waals surface area contributed by atoms with Gasteiger partial charge in [0.05, 0.1) is 18.7 Å². The molecule has 1 fully saturated rings. The average molecular weight is 328 g/mol. The third-order valence-corrected chi connectivity index (χ3v) is 3.91. The van der Waals surface area contributed by atoms with E-state index in [9.17, 15) is 14.7 Å². The fraction of sp³-hybridized carbons (Fsp3) is 0.385. The topological polar surface area (TPSA) is 75.6 Å². The van der Waals surface area contributed by atoms with Crippen molar-refractivity contribution in [3.8, 4) is 5.75 Å². The lowest BCUT2D eigenvalue weighted by atomic mass is 10.0. The van der Waals surface area contributed by atoms with Gasteiger partial charge in [-0.1, -0.05) is 15.9 Å². The first-order valence-electron chi connectivity index (χ1n) is 5.91. The van der Waals surface area contributed by atoms with E-state index in [1.54, 1.807) is 13.0 Å². The van der Waals surface area contributed by atoms with Gasteiger partial charge in [-0.2, -0.15) is 0 Å². The van der Waals surface area contributed by atoms with Crippen LogP contribution in [-0.4, -0.2) is 23.6 Å². The minimum Gasteiger partial charge on any atom is -0.506 e. The number of hydrogen-bond donors (Lipinski definition) is 2. The zero-order chi connectivity index (χ0) is 14.0. The Balaban J connectivity index is 2.03. The molecule has 1 amide bonds. The number of carbonyl (C=O) groups is 2. The van der Waals surface area contributed by atoms with Crippen molar-refractivity contribution in [2.24, 2.45) is 5.92 Å². The first kappa shape index (κ1) is 13.9. The molecule has 0 aromatic heterocycles. The average Bonchev–Trinajstić information content (AvgIpc) is 2.75. The van der Waals surface area contributed by atoms with Gasteiger partial charge >= 0.3 is 5.97 Å². The Hall–Kier alpha value is -1.56. The Morgan fingerprint density at radius 3 is 2.95 bits per heavy atom. The summed E-state index contributed by atoms with van der Waals surface area (Å²) in [5.74, 6) is -0.561. The van der Waals surface area contributed by atoms with Gasteiger partial charge in [-0.15, -0.1) is 0 Å². The van der Waals surface area contributed by atoms with Crippen molar-refractivity contribution in [3.63, 3.8) is 0 Å². The molecule has 1 aliphatic rings. The fourth-order valence-electron chi connectivity index (χ4n) is 1.98. The molecule has 1 heterocycles. The molecule has 19 heavy (non-hydrogen) atoms. The van der Waals surface area contributed by atoms with Crippen molar-refractivity contribution in [3.05, 3.63) is 22.2 Å². The van der Waals surface area contributed by atoms with Gasteiger partial charge < -0.3 is 15.2 Å². The SMILES string of the molecule is Cc1c(Br)ccc(O)c1NC(=O)CC1COC(=O)C1. The van der Waals surface area contributed by atoms with Crippen LogP contribution in [0.5, 0.6) is 5.75 Å². The number of phenolic OH excluding ortho intramolecular Hbond substituents is 1. The summed E-state index contributed by atoms with van der Waals surface area (Å²) in [7, 11) is 0. The second kappa shape index (κ2) is 5.61. The van der Waals surface area contributed by atoms with Crippen LogP contribution in [0.25, 0.3) is 0 Å². The van der Waals surface area contributed by atoms with E-state index in [1.165, 1.54) is 6.07 Å². The first-order valence-corrected chi connectivity index (χ1v) is 6.70. The molecule has 0 radical (unpaired) electrons. The van der Waals surface area contributed by atoms with Crippen LogP contribution in [-0.2, 0) is 14.3 Å². The molecule has 0 aliphatic carbocycles. The van der Waals surface area contributed by atoms with Gasteiger partial charge in [0.2, 0.25) is 5.91 Å². The van der Waals surface area contributed by atoms with Gasteiger partial charge in [0.25, 0.3) is 0 Å². The molecule has 1 atom stereocenters. The number of amides is 1. The number of aromatic hydroxyl groups is 1. The molecular weight excluding hydrogens is 314 g/mol. The molecule has 2 rings (SSSR count). The highest BCUT2D eigenvalue weighted by atomic mass is 79.9. The summed E-state index contributed by atoms with van der Waals surface area (Å²) < 4.78 is 5.61. The number of benzene rings is 1. The Morgan fingerprint density at radius 2 is 2.32 bits per heavy atom. The normalized spacial score (nSPS) is 18.2. The number of cyclic esters (lactones) is 1. The Bertz CT molecular complexity index is 530. The van der Waals surface area contributed by atoms with Crippen LogP contribution in [0, 0.1) is 12.8 Å². The van der Waals surface area contributed by atoms with E-state index >= 15 is 0 Å². The quantitative estimate of drug-likeness (QED) is 0.660. The van der Waals surface area contributed by atoms with Crippen LogP contribution in [0.1, 0.15) is 18.4 Å². The molecule has 0 bridgehead atoms. The van der Waals surface area contributed by atoms with E-state index in [4.69, 9.17) is 4.74 Å². The number of esters is 1. The number of rotatable bonds is 3. The molecule has 1 aliphatic heterocycles. The van der Waals surface area contributed by atoms with Crippen LogP contribution in [0.15, 0.2) is 16.6 Å². The van der Waals surface area contributed by atoms with Crippen LogP contribution < -0.4 is 5.32 Å². The monoisotopic (exact) mass is 327 g/mol. The molecule has 0 spiro atoms. The zero-order valence-electron chi connectivity index (χ0n) is 10.4. The summed E-state index contributed by atoms with van der Waals surface area (Å²) in [6, 6.07) is 3.22. The van der Waals surface area contributed by atoms with Gasteiger partial charge in [-0.05, 0) is 24.6 Å². The third-order valence-electron chi connectivity index (χ3n) is 3.05. The number of carbonyl (C=O) groups excluding carboxylic acids is 2. The molecule has 102 valence electrons. The van der Waals surface area contributed by atoms with Crippen molar-refractivity contribution in [1.82, 2.24) is 0 Å². The van der Waals surface area contributed by atoms with Gasteiger partial charge in [0.15, 0.2) is 0 Å². The standard InChI is InChI=1S/C13H14BrNO4/c1-7-9(14)2-3-10(16)13(7)15-11(17)4-8-5-12(18)19-6-8/h2-3,8,16H,4-6H2,1H3,(H,15,17). The number of phenols is 1. The predicted octanol–water partition coefficient (Wildman–Crippen LogP) is 2.35. The zero-order valence-corrected chi connectivity index (χ0v) is 12.0. The van der Waals surface area contributed by atoms with Crippen LogP contribution >= 0.6 is 15.9 Å². The van der Waals surface area contributed by atoms with Crippen molar-refractivity contribution in [1.29, 1.82) is 0 Å². The lowest BCUT2D eigenvalue weighted by Gasteiger charge is -2.12. The van der Waals surface area contributed by atoms with Crippen molar-refractivity contribution < 1.29 is 19.4 Å². The maximum Gasteiger partial charge on any atom is 0.306 e. The summed E-state index contributed by atoms with van der Waals surface area (Å²) in [5.41, 5.74) is 1.15. The van der Waals surface area contributed by atoms with Gasteiger partial charge in [-0.25, -0.2) is 0 Å². The number of hydrogen-bond acceptors (Lipinski definition) is 4. The number of halogens is 1. The maximum atomic E-state index is 11.9. The maximum absolute atomic E-state index is 11.9. The second-order valence-electron chi connectivity index (χ2n) is 4.57. The van der Waals surface area contributed by atoms with E-state index in [1.807, 2.05) is 0 Å². The van der Waals surface area contributed by atoms with Gasteiger partial charge in [0.1, 0.15) is 5.75 Å². The third kappa shape index (κ3) is 3.26. The molecule has 2 N–H and O–H groups in total. The summed E-state index contributed by atoms with van der Waals surface area (Å²) in [6.45, 7) is 2.08. The summed E-state index contributed by atoms with van der Waals surface area (Å²) in [6.07, 6.45) is 0.480. The van der Waals surface area contributed by atoms with Crippen molar-refractivity contribution in [2.75, 3.05) is 11.9 Å². The number of nitrogens with one attached hydrogen (secondary N) is 1. The molecule has 0 saturated carbocycles. The largest absolute Gasteiger partial charge is 0.506 e. The highest BCUT2D eigenvalue weighted by molar-refractivity contribution is 9.10. The van der Waals surface area contributed by atoms with Crippen molar-refractivity contribution in [2.45, 2.75) is 19.8 Å². The molecule has 1 saturated heterocycles. The van der Waals surface area contributed by atoms with Crippen LogP contribution in [0.2, 0.25) is 0 Å². The van der Waals surface area contributed by atoms with Gasteiger partial charge in [-0.3, -0.25) is 9.59 Å². The molecule has 1 aromatic rings. The smallest absolute Gasteiger partial charge is 0.306 e. The highest BCUT2D eigenvalue weighted by Gasteiger charge is 2.26. The summed E-state index contributed by atoms with van der Waals surface area (Å²) >= 11 is 3.34. The minimum atomic E-state index is -0.265. The van der Waals surface area contributed by atoms with Crippen molar-refractivity contribution >= 4 is 33.5 Å². The Morgan fingerprint density at radius 1 is 1.58 bits per heavy atom. The lowest BCUT2D eigenvalue weighted by Crippen LogP contribution is -2.17. The van der Waals surface area contributed by atoms with E-state index in [-0.39, 0.29) is 43.0 Å². The van der Waals surface area contributed by atoms with E-state index < -0.39 is 0 Å². The molecule has 1 aromatic carbocycles. The molecular formula is C13H14BrNO4. The first-order chi connectivity index (χ1) is 8.97. The van der Waals surface area contributed by atoms with E-state index in [0.29, 0.717) is 5.69 Å². The molecule has 1 unspecified atom stereocenters. The van der Waals surface area contributed by atoms with E-state index in [0.717, 1.165) is 10.0 Å². The number of anilines is 1. The minimum absolute atomic E-state index is 0.0211. The molecule has 6 heteroatoms. The van der Waals surface area contributed by atoms with Crippen LogP contribution in [0.3, 0.4) is 0 Å². The van der Waals surface area contributed by atoms with E-state index in [2.05, 4.69) is 21.2 Å². The second-order valence-corrected chi connectivity index (χ2v) is 5.43. The Labute approximate surface area is 119 Å². The number of ether oxygens (including phenoxy) is 1. The van der Waals surface area contributed by atoms with Gasteiger partial charge in [0, 0.05) is 16.8 Å². The lowest BCUT2D eigenvalue weighted by molar-refractivity contribution is -0.138. The Kier molecular flexibility index (Phi) is 4.09. The summed E-state index contributed by atoms with van der Waals surface area (Å²) in [4.78, 5) is 22.8. The predicted molar refractivity (Wildman–Crippen MR) is 72.9 cm³/mol. The molecule has 5 nitrogen and oxygen atoms in total. The highest BCUT2D eigenvalue weighted by Crippen LogP contribution is 2.32. The van der Waals surface area contributed by atoms with Crippen LogP contribution in [0.4, 0.5) is 5.69 Å². The fourth-order valence-corrected chi connectivity index (χ4v) is 2.31. The summed E-state index contributed by atoms with van der Waals surface area (Å²) in [5, 5.41) is 12.4.